The van der Waals surface area contributed by atoms with Gasteiger partial charge in [-0.2, -0.15) is 0 Å². The molecule has 1 atom stereocenters. The lowest BCUT2D eigenvalue weighted by molar-refractivity contribution is -0.144. The Bertz CT molecular complexity index is 628. The summed E-state index contributed by atoms with van der Waals surface area (Å²) in [5.74, 6) is -0.769. The highest BCUT2D eigenvalue weighted by Gasteiger charge is 2.34. The fourth-order valence-corrected chi connectivity index (χ4v) is 4.47. The van der Waals surface area contributed by atoms with Crippen molar-refractivity contribution in [1.29, 1.82) is 0 Å². The van der Waals surface area contributed by atoms with Gasteiger partial charge in [-0.25, -0.2) is 4.98 Å². The third-order valence-corrected chi connectivity index (χ3v) is 5.76. The predicted molar refractivity (Wildman–Crippen MR) is 80.4 cm³/mol. The molecule has 20 heavy (non-hydrogen) atoms. The number of hydrogen-bond donors (Lipinski definition) is 1. The van der Waals surface area contributed by atoms with Crippen LogP contribution in [0.4, 0.5) is 0 Å². The standard InChI is InChI=1S/C14H16N2O2S2/c1-8-9(2)20-12(15-8)7-16-5-3-11-10(4-6-19-11)13(16)14(17)18/h4,6,13H,3,5,7H2,1-2H3,(H,17,18). The lowest BCUT2D eigenvalue weighted by atomic mass is 10.0. The van der Waals surface area contributed by atoms with Crippen LogP contribution in [-0.4, -0.2) is 27.5 Å². The summed E-state index contributed by atoms with van der Waals surface area (Å²) in [6, 6.07) is 1.41. The molecule has 3 rings (SSSR count). The number of aliphatic carboxylic acids is 1. The first-order chi connectivity index (χ1) is 9.56. The number of carboxylic acid groups (broad SMARTS) is 1. The molecule has 2 aromatic rings. The summed E-state index contributed by atoms with van der Waals surface area (Å²) < 4.78 is 0. The van der Waals surface area contributed by atoms with Crippen LogP contribution in [0.2, 0.25) is 0 Å². The average Bonchev–Trinajstić information content (AvgIpc) is 2.96. The molecule has 0 fully saturated rings. The zero-order chi connectivity index (χ0) is 14.3. The summed E-state index contributed by atoms with van der Waals surface area (Å²) in [4.78, 5) is 20.6. The Kier molecular flexibility index (Phi) is 3.62. The first-order valence-electron chi connectivity index (χ1n) is 6.52. The van der Waals surface area contributed by atoms with Gasteiger partial charge in [0.1, 0.15) is 11.0 Å². The van der Waals surface area contributed by atoms with Crippen molar-refractivity contribution in [3.8, 4) is 0 Å². The minimum atomic E-state index is -0.769. The molecule has 0 amide bonds. The van der Waals surface area contributed by atoms with Gasteiger partial charge in [0.15, 0.2) is 0 Å². The number of thiazole rings is 1. The number of thiophene rings is 1. The Morgan fingerprint density at radius 3 is 3.00 bits per heavy atom. The molecule has 3 heterocycles. The van der Waals surface area contributed by atoms with E-state index in [1.54, 1.807) is 22.7 Å². The first kappa shape index (κ1) is 13.7. The molecule has 0 aliphatic carbocycles. The third kappa shape index (κ3) is 2.39. The molecule has 0 bridgehead atoms. The van der Waals surface area contributed by atoms with E-state index >= 15 is 0 Å². The van der Waals surface area contributed by atoms with E-state index in [4.69, 9.17) is 0 Å². The summed E-state index contributed by atoms with van der Waals surface area (Å²) in [5, 5.41) is 12.6. The molecule has 1 aliphatic heterocycles. The lowest BCUT2D eigenvalue weighted by Gasteiger charge is -2.32. The fourth-order valence-electron chi connectivity index (χ4n) is 2.61. The highest BCUT2D eigenvalue weighted by atomic mass is 32.1. The molecule has 1 N–H and O–H groups in total. The number of carboxylic acids is 1. The number of aromatic nitrogens is 1. The van der Waals surface area contributed by atoms with Gasteiger partial charge in [0.2, 0.25) is 0 Å². The largest absolute Gasteiger partial charge is 0.480 e. The van der Waals surface area contributed by atoms with Crippen LogP contribution >= 0.6 is 22.7 Å². The predicted octanol–water partition coefficient (Wildman–Crippen LogP) is 3.01. The van der Waals surface area contributed by atoms with E-state index in [1.165, 1.54) is 9.75 Å². The summed E-state index contributed by atoms with van der Waals surface area (Å²) in [6.45, 7) is 5.45. The maximum Gasteiger partial charge on any atom is 0.325 e. The Hall–Kier alpha value is -1.24. The van der Waals surface area contributed by atoms with Crippen molar-refractivity contribution in [2.24, 2.45) is 0 Å². The van der Waals surface area contributed by atoms with E-state index in [2.05, 4.69) is 11.9 Å². The van der Waals surface area contributed by atoms with Crippen LogP contribution in [0.5, 0.6) is 0 Å². The van der Waals surface area contributed by atoms with Crippen LogP contribution in [-0.2, 0) is 17.8 Å². The summed E-state index contributed by atoms with van der Waals surface area (Å²) in [5.41, 5.74) is 2.00. The number of aryl methyl sites for hydroxylation is 2. The quantitative estimate of drug-likeness (QED) is 0.947. The van der Waals surface area contributed by atoms with Gasteiger partial charge in [0, 0.05) is 16.3 Å². The second-order valence-electron chi connectivity index (χ2n) is 5.01. The van der Waals surface area contributed by atoms with Gasteiger partial charge in [-0.05, 0) is 37.3 Å². The fraction of sp³-hybridized carbons (Fsp3) is 0.429. The molecule has 1 aliphatic rings. The summed E-state index contributed by atoms with van der Waals surface area (Å²) in [6.07, 6.45) is 0.931. The van der Waals surface area contributed by atoms with Crippen molar-refractivity contribution in [2.45, 2.75) is 32.9 Å². The minimum absolute atomic E-state index is 0.533. The molecule has 0 radical (unpaired) electrons. The molecule has 1 unspecified atom stereocenters. The minimum Gasteiger partial charge on any atom is -0.480 e. The van der Waals surface area contributed by atoms with Crippen molar-refractivity contribution in [2.75, 3.05) is 6.54 Å². The van der Waals surface area contributed by atoms with Gasteiger partial charge < -0.3 is 5.11 Å². The zero-order valence-corrected chi connectivity index (χ0v) is 13.1. The number of fused-ring (bicyclic) bond motifs is 1. The summed E-state index contributed by atoms with van der Waals surface area (Å²) in [7, 11) is 0. The van der Waals surface area contributed by atoms with E-state index < -0.39 is 12.0 Å². The van der Waals surface area contributed by atoms with Crippen LogP contribution in [0.15, 0.2) is 11.4 Å². The van der Waals surface area contributed by atoms with Crippen molar-refractivity contribution in [3.63, 3.8) is 0 Å². The highest BCUT2D eigenvalue weighted by molar-refractivity contribution is 7.11. The van der Waals surface area contributed by atoms with Gasteiger partial charge in [-0.1, -0.05) is 0 Å². The Morgan fingerprint density at radius 2 is 2.35 bits per heavy atom. The topological polar surface area (TPSA) is 53.4 Å². The van der Waals surface area contributed by atoms with Crippen LogP contribution in [0.3, 0.4) is 0 Å². The van der Waals surface area contributed by atoms with Crippen molar-refractivity contribution < 1.29 is 9.90 Å². The van der Waals surface area contributed by atoms with Gasteiger partial charge in [-0.15, -0.1) is 22.7 Å². The number of hydrogen-bond acceptors (Lipinski definition) is 5. The first-order valence-corrected chi connectivity index (χ1v) is 8.22. The normalized spacial score (nSPS) is 19.0. The Balaban J connectivity index is 1.87. The third-order valence-electron chi connectivity index (χ3n) is 3.71. The van der Waals surface area contributed by atoms with Gasteiger partial charge in [0.05, 0.1) is 12.2 Å². The van der Waals surface area contributed by atoms with Gasteiger partial charge >= 0.3 is 5.97 Å². The molecule has 0 saturated carbocycles. The van der Waals surface area contributed by atoms with Gasteiger partial charge in [-0.3, -0.25) is 9.69 Å². The monoisotopic (exact) mass is 308 g/mol. The van der Waals surface area contributed by atoms with Gasteiger partial charge in [0.25, 0.3) is 0 Å². The van der Waals surface area contributed by atoms with E-state index in [0.29, 0.717) is 6.54 Å². The maximum absolute atomic E-state index is 11.6. The molecular formula is C14H16N2O2S2. The van der Waals surface area contributed by atoms with Crippen molar-refractivity contribution >= 4 is 28.6 Å². The van der Waals surface area contributed by atoms with Crippen LogP contribution in [0.1, 0.15) is 32.1 Å². The van der Waals surface area contributed by atoms with Crippen molar-refractivity contribution in [3.05, 3.63) is 37.5 Å². The highest BCUT2D eigenvalue weighted by Crippen LogP contribution is 2.34. The SMILES string of the molecule is Cc1nc(CN2CCc3sccc3C2C(=O)O)sc1C. The Morgan fingerprint density at radius 1 is 1.55 bits per heavy atom. The number of carbonyl (C=O) groups is 1. The van der Waals surface area contributed by atoms with Crippen LogP contribution in [0.25, 0.3) is 0 Å². The lowest BCUT2D eigenvalue weighted by Crippen LogP contribution is -2.38. The average molecular weight is 308 g/mol. The zero-order valence-electron chi connectivity index (χ0n) is 11.4. The molecule has 106 valence electrons. The Labute approximate surface area is 125 Å². The number of rotatable bonds is 3. The molecule has 4 nitrogen and oxygen atoms in total. The van der Waals surface area contributed by atoms with E-state index in [1.807, 2.05) is 23.3 Å². The summed E-state index contributed by atoms with van der Waals surface area (Å²) >= 11 is 3.32. The molecule has 0 aromatic carbocycles. The van der Waals surface area contributed by atoms with E-state index in [-0.39, 0.29) is 0 Å². The maximum atomic E-state index is 11.6. The van der Waals surface area contributed by atoms with E-state index in [9.17, 15) is 9.90 Å². The second-order valence-corrected chi connectivity index (χ2v) is 7.30. The van der Waals surface area contributed by atoms with Crippen LogP contribution in [0, 0.1) is 13.8 Å². The molecular weight excluding hydrogens is 292 g/mol. The van der Waals surface area contributed by atoms with Crippen LogP contribution < -0.4 is 0 Å². The molecule has 0 saturated heterocycles. The molecule has 0 spiro atoms. The molecule has 2 aromatic heterocycles. The van der Waals surface area contributed by atoms with E-state index in [0.717, 1.165) is 29.2 Å². The second kappa shape index (κ2) is 5.27. The smallest absolute Gasteiger partial charge is 0.325 e. The number of nitrogens with zero attached hydrogens (tertiary/aromatic N) is 2. The molecule has 6 heteroatoms. The van der Waals surface area contributed by atoms with Crippen molar-refractivity contribution in [1.82, 2.24) is 9.88 Å².